The van der Waals surface area contributed by atoms with Gasteiger partial charge in [-0.05, 0) is 70.8 Å². The second kappa shape index (κ2) is 23.7. The van der Waals surface area contributed by atoms with Gasteiger partial charge in [-0.25, -0.2) is 0 Å². The van der Waals surface area contributed by atoms with E-state index in [1.165, 1.54) is 48.5 Å². The summed E-state index contributed by atoms with van der Waals surface area (Å²) in [5.74, 6) is -5.95. The minimum Gasteiger partial charge on any atom is -0.547 e. The summed E-state index contributed by atoms with van der Waals surface area (Å²) in [6.07, 6.45) is -6.17. The molecule has 0 saturated carbocycles. The van der Waals surface area contributed by atoms with Gasteiger partial charge in [-0.3, -0.25) is 0 Å². The molecule has 49 heavy (non-hydrogen) atoms. The van der Waals surface area contributed by atoms with Crippen LogP contribution in [-0.2, 0) is 45.4 Å². The summed E-state index contributed by atoms with van der Waals surface area (Å²) in [6, 6.07) is 25.4. The van der Waals surface area contributed by atoms with Crippen LogP contribution in [0.1, 0.15) is 46.7 Å². The van der Waals surface area contributed by atoms with Gasteiger partial charge < -0.3 is 60.0 Å². The maximum Gasteiger partial charge on any atom is 4.00 e. The molecule has 0 spiro atoms. The van der Waals surface area contributed by atoms with Crippen molar-refractivity contribution in [2.75, 3.05) is 0 Å². The molecule has 12 nitrogen and oxygen atoms in total. The number of aliphatic carboxylic acids is 4. The first kappa shape index (κ1) is 46.4. The molecule has 0 aromatic heterocycles. The van der Waals surface area contributed by atoms with E-state index >= 15 is 0 Å². The maximum absolute atomic E-state index is 10.2. The number of carbonyl (C=O) groups is 4. The third-order valence-corrected chi connectivity index (χ3v) is 7.75. The molecule has 4 aromatic carbocycles. The monoisotopic (exact) mass is 1010 g/mol. The molecule has 0 heterocycles. The fraction of sp³-hybridized carbons (Fsp3) is 0.125. The van der Waals surface area contributed by atoms with Gasteiger partial charge in [0, 0.05) is 17.9 Å². The van der Waals surface area contributed by atoms with Gasteiger partial charge in [0.05, 0.1) is 23.9 Å². The van der Waals surface area contributed by atoms with Crippen LogP contribution in [0, 0.1) is 0 Å². The van der Waals surface area contributed by atoms with Crippen molar-refractivity contribution in [3.63, 3.8) is 0 Å². The average molecular weight is 1010 g/mol. The summed E-state index contributed by atoms with van der Waals surface area (Å²) in [4.78, 5) is 40.8. The van der Waals surface area contributed by atoms with Crippen molar-refractivity contribution in [3.8, 4) is 0 Å². The molecule has 0 fully saturated rings. The van der Waals surface area contributed by atoms with Crippen molar-refractivity contribution in [1.82, 2.24) is 0 Å². The normalized spacial score (nSPS) is 12.2. The number of benzene rings is 4. The minimum atomic E-state index is -1.54. The van der Waals surface area contributed by atoms with Crippen LogP contribution in [0.15, 0.2) is 115 Å². The minimum absolute atomic E-state index is 0. The second-order valence-electron chi connectivity index (χ2n) is 9.09. The predicted molar refractivity (Wildman–Crippen MR) is 176 cm³/mol. The summed E-state index contributed by atoms with van der Waals surface area (Å²) < 4.78 is 3.32. The first-order chi connectivity index (χ1) is 22.4. The molecule has 4 aromatic rings. The van der Waals surface area contributed by atoms with Crippen LogP contribution >= 0.6 is 63.7 Å². The summed E-state index contributed by atoms with van der Waals surface area (Å²) in [7, 11) is 0. The Bertz CT molecular complexity index is 1380. The summed E-state index contributed by atoms with van der Waals surface area (Å²) in [5, 5.41) is 76.9. The number of carboxylic acids is 4. The standard InChI is InChI=1S/4C8H7BrO3.Zr/c4*9-6-3-1-5(2-4-6)7(10)8(11)12;/h4*1-4,7,10H,(H,11,12);/q;;;;+4/p-4. The van der Waals surface area contributed by atoms with Crippen LogP contribution in [-0.4, -0.2) is 44.3 Å². The largest absolute Gasteiger partial charge is 4.00 e. The van der Waals surface area contributed by atoms with Gasteiger partial charge in [-0.2, -0.15) is 0 Å². The van der Waals surface area contributed by atoms with Crippen LogP contribution in [0.25, 0.3) is 0 Å². The van der Waals surface area contributed by atoms with E-state index in [4.69, 9.17) is 20.4 Å². The topological polar surface area (TPSA) is 241 Å². The molecule has 0 aliphatic heterocycles. The van der Waals surface area contributed by atoms with E-state index < -0.39 is 48.3 Å². The number of hydrogen-bond acceptors (Lipinski definition) is 12. The number of aliphatic hydroxyl groups is 4. The van der Waals surface area contributed by atoms with E-state index in [0.29, 0.717) is 22.3 Å². The molecule has 256 valence electrons. The second-order valence-corrected chi connectivity index (χ2v) is 12.8. The molecule has 17 heteroatoms. The number of carbonyl (C=O) groups excluding carboxylic acids is 4. The van der Waals surface area contributed by atoms with Crippen molar-refractivity contribution in [1.29, 1.82) is 0 Å². The van der Waals surface area contributed by atoms with E-state index in [-0.39, 0.29) is 26.2 Å². The summed E-state index contributed by atoms with van der Waals surface area (Å²) in [5.41, 5.74) is 1.27. The molecular weight excluding hydrogens is 987 g/mol. The molecule has 4 atom stereocenters. The maximum atomic E-state index is 10.2. The van der Waals surface area contributed by atoms with Gasteiger partial charge in [0.1, 0.15) is 24.4 Å². The molecule has 4 rings (SSSR count). The molecular formula is C32H24Br4O12Zr. The van der Waals surface area contributed by atoms with Crippen molar-refractivity contribution in [2.45, 2.75) is 24.4 Å². The third kappa shape index (κ3) is 17.8. The van der Waals surface area contributed by atoms with Crippen molar-refractivity contribution in [3.05, 3.63) is 137 Å². The van der Waals surface area contributed by atoms with Gasteiger partial charge >= 0.3 is 26.2 Å². The number of hydrogen-bond donors (Lipinski definition) is 4. The number of halogens is 4. The zero-order valence-electron chi connectivity index (χ0n) is 24.6. The number of aliphatic hydroxyl groups excluding tert-OH is 4. The molecule has 4 N–H and O–H groups in total. The zero-order chi connectivity index (χ0) is 36.6. The van der Waals surface area contributed by atoms with Crippen LogP contribution in [0.2, 0.25) is 0 Å². The first-order valence-electron chi connectivity index (χ1n) is 13.0. The van der Waals surface area contributed by atoms with E-state index in [0.717, 1.165) is 17.9 Å². The van der Waals surface area contributed by atoms with E-state index in [2.05, 4.69) is 63.7 Å². The van der Waals surface area contributed by atoms with E-state index in [1.807, 2.05) is 0 Å². The molecule has 0 amide bonds. The third-order valence-electron chi connectivity index (χ3n) is 5.64. The number of rotatable bonds is 8. The molecule has 4 unspecified atom stereocenters. The first-order valence-corrected chi connectivity index (χ1v) is 16.2. The van der Waals surface area contributed by atoms with E-state index in [1.54, 1.807) is 48.5 Å². The summed E-state index contributed by atoms with van der Waals surface area (Å²) in [6.45, 7) is 0. The van der Waals surface area contributed by atoms with Crippen LogP contribution in [0.5, 0.6) is 0 Å². The Morgan fingerprint density at radius 1 is 0.367 bits per heavy atom. The molecule has 0 aliphatic carbocycles. The molecule has 0 saturated heterocycles. The van der Waals surface area contributed by atoms with Crippen LogP contribution < -0.4 is 20.4 Å². The smallest absolute Gasteiger partial charge is 0.547 e. The quantitative estimate of drug-likeness (QED) is 0.193. The van der Waals surface area contributed by atoms with Gasteiger partial charge in [-0.1, -0.05) is 112 Å². The van der Waals surface area contributed by atoms with Crippen molar-refractivity contribution < 1.29 is 86.2 Å². The molecule has 0 aliphatic rings. The van der Waals surface area contributed by atoms with E-state index in [9.17, 15) is 39.6 Å². The van der Waals surface area contributed by atoms with Crippen LogP contribution in [0.3, 0.4) is 0 Å². The molecule has 0 radical (unpaired) electrons. The SMILES string of the molecule is O=C([O-])C(O)c1ccc(Br)cc1.O=C([O-])C(O)c1ccc(Br)cc1.O=C([O-])C(O)c1ccc(Br)cc1.O=C([O-])C(O)c1ccc(Br)cc1.[Zr+4]. The van der Waals surface area contributed by atoms with Gasteiger partial charge in [0.2, 0.25) is 0 Å². The predicted octanol–water partition coefficient (Wildman–Crippen LogP) is 0.927. The van der Waals surface area contributed by atoms with Crippen molar-refractivity contribution >= 4 is 87.6 Å². The molecule has 0 bridgehead atoms. The Hall–Kier alpha value is -2.60. The Balaban J connectivity index is 0.000000623. The fourth-order valence-corrected chi connectivity index (χ4v) is 4.18. The van der Waals surface area contributed by atoms with Crippen molar-refractivity contribution in [2.24, 2.45) is 0 Å². The van der Waals surface area contributed by atoms with Gasteiger partial charge in [0.25, 0.3) is 0 Å². The van der Waals surface area contributed by atoms with Crippen LogP contribution in [0.4, 0.5) is 0 Å². The Morgan fingerprint density at radius 2 is 0.490 bits per heavy atom. The number of carboxylic acid groups (broad SMARTS) is 4. The Kier molecular flexibility index (Phi) is 22.5. The van der Waals surface area contributed by atoms with Gasteiger partial charge in [-0.15, -0.1) is 0 Å². The fourth-order valence-electron chi connectivity index (χ4n) is 3.12. The van der Waals surface area contributed by atoms with Gasteiger partial charge in [0.15, 0.2) is 0 Å². The average Bonchev–Trinajstić information content (AvgIpc) is 3.05. The Labute approximate surface area is 332 Å². The summed E-state index contributed by atoms with van der Waals surface area (Å²) >= 11 is 12.7. The Morgan fingerprint density at radius 3 is 0.592 bits per heavy atom. The zero-order valence-corrected chi connectivity index (χ0v) is 33.4.